The van der Waals surface area contributed by atoms with E-state index in [-0.39, 0.29) is 5.60 Å². The molecule has 1 heterocycles. The van der Waals surface area contributed by atoms with Gasteiger partial charge in [0.15, 0.2) is 0 Å². The predicted octanol–water partition coefficient (Wildman–Crippen LogP) is 2.46. The first-order valence-corrected chi connectivity index (χ1v) is 6.67. The number of nitrogens with two attached hydrogens (primary N) is 1. The first kappa shape index (κ1) is 13.5. The van der Waals surface area contributed by atoms with Crippen molar-refractivity contribution in [1.29, 1.82) is 0 Å². The molecule has 5 heteroatoms. The summed E-state index contributed by atoms with van der Waals surface area (Å²) in [6.45, 7) is 3.72. The molecule has 0 saturated heterocycles. The van der Waals surface area contributed by atoms with Gasteiger partial charge in [0.25, 0.3) is 0 Å². The van der Waals surface area contributed by atoms with Crippen molar-refractivity contribution in [1.82, 2.24) is 10.1 Å². The lowest BCUT2D eigenvalue weighted by atomic mass is 9.93. The fourth-order valence-electron chi connectivity index (χ4n) is 2.49. The highest BCUT2D eigenvalue weighted by Crippen LogP contribution is 2.37. The second-order valence-electron chi connectivity index (χ2n) is 5.76. The van der Waals surface area contributed by atoms with Crippen LogP contribution in [0.25, 0.3) is 0 Å². The van der Waals surface area contributed by atoms with Gasteiger partial charge in [-0.2, -0.15) is 4.98 Å². The summed E-state index contributed by atoms with van der Waals surface area (Å²) in [7, 11) is 1.73. The number of ether oxygens (including phenoxy) is 1. The molecule has 0 unspecified atom stereocenters. The number of hydrogen-bond acceptors (Lipinski definition) is 5. The summed E-state index contributed by atoms with van der Waals surface area (Å²) in [5, 5.41) is 4.10. The van der Waals surface area contributed by atoms with Crippen LogP contribution in [0, 0.1) is 0 Å². The summed E-state index contributed by atoms with van der Waals surface area (Å²) in [5.74, 6) is 1.12. The van der Waals surface area contributed by atoms with E-state index in [1.165, 1.54) is 12.8 Å². The monoisotopic (exact) mass is 253 g/mol. The predicted molar refractivity (Wildman–Crippen MR) is 67.9 cm³/mol. The average Bonchev–Trinajstić information content (AvgIpc) is 2.70. The summed E-state index contributed by atoms with van der Waals surface area (Å²) >= 11 is 0. The zero-order valence-corrected chi connectivity index (χ0v) is 11.5. The smallest absolute Gasteiger partial charge is 0.246 e. The summed E-state index contributed by atoms with van der Waals surface area (Å²) < 4.78 is 11.0. The van der Waals surface area contributed by atoms with Gasteiger partial charge in [-0.1, -0.05) is 30.8 Å². The third kappa shape index (κ3) is 2.57. The first-order chi connectivity index (χ1) is 8.48. The van der Waals surface area contributed by atoms with Crippen LogP contribution in [0.3, 0.4) is 0 Å². The highest BCUT2D eigenvalue weighted by atomic mass is 16.5. The van der Waals surface area contributed by atoms with E-state index in [0.717, 1.165) is 25.7 Å². The van der Waals surface area contributed by atoms with Gasteiger partial charge in [-0.05, 0) is 26.7 Å². The highest BCUT2D eigenvalue weighted by Gasteiger charge is 2.38. The molecule has 2 rings (SSSR count). The summed E-state index contributed by atoms with van der Waals surface area (Å²) in [4.78, 5) is 4.46. The molecule has 1 aliphatic rings. The minimum Gasteiger partial charge on any atom is -0.370 e. The Morgan fingerprint density at radius 1 is 1.22 bits per heavy atom. The van der Waals surface area contributed by atoms with Crippen LogP contribution in [0.5, 0.6) is 0 Å². The second kappa shape index (κ2) is 4.97. The molecule has 0 radical (unpaired) electrons. The van der Waals surface area contributed by atoms with Gasteiger partial charge in [-0.15, -0.1) is 0 Å². The second-order valence-corrected chi connectivity index (χ2v) is 5.76. The molecule has 1 aromatic heterocycles. The molecule has 1 saturated carbocycles. The Kier molecular flexibility index (Phi) is 3.73. The van der Waals surface area contributed by atoms with Crippen molar-refractivity contribution in [3.8, 4) is 0 Å². The molecule has 0 aliphatic heterocycles. The van der Waals surface area contributed by atoms with E-state index in [2.05, 4.69) is 10.1 Å². The van der Waals surface area contributed by atoms with Gasteiger partial charge in [-0.25, -0.2) is 0 Å². The maximum absolute atomic E-state index is 5.98. The minimum atomic E-state index is -0.606. The Hall–Kier alpha value is -0.940. The lowest BCUT2D eigenvalue weighted by Gasteiger charge is -2.27. The Labute approximate surface area is 108 Å². The van der Waals surface area contributed by atoms with Gasteiger partial charge in [0, 0.05) is 7.11 Å². The largest absolute Gasteiger partial charge is 0.370 e. The van der Waals surface area contributed by atoms with E-state index in [0.29, 0.717) is 11.7 Å². The van der Waals surface area contributed by atoms with E-state index in [4.69, 9.17) is 15.0 Å². The van der Waals surface area contributed by atoms with Crippen LogP contribution in [0.15, 0.2) is 4.52 Å². The van der Waals surface area contributed by atoms with E-state index in [1.807, 2.05) is 13.8 Å². The van der Waals surface area contributed by atoms with Crippen LogP contribution >= 0.6 is 0 Å². The zero-order chi connectivity index (χ0) is 13.2. The van der Waals surface area contributed by atoms with Gasteiger partial charge in [-0.3, -0.25) is 0 Å². The van der Waals surface area contributed by atoms with Crippen LogP contribution < -0.4 is 5.73 Å². The third-order valence-corrected chi connectivity index (χ3v) is 3.69. The molecule has 102 valence electrons. The number of nitrogens with zero attached hydrogens (tertiary/aromatic N) is 2. The van der Waals surface area contributed by atoms with Gasteiger partial charge >= 0.3 is 0 Å². The van der Waals surface area contributed by atoms with E-state index in [9.17, 15) is 0 Å². The number of rotatable bonds is 3. The molecule has 18 heavy (non-hydrogen) atoms. The normalized spacial score (nSPS) is 20.7. The SMILES string of the molecule is COC1(c2noc(C(C)(C)N)n2)CCCCCC1. The molecule has 5 nitrogen and oxygen atoms in total. The van der Waals surface area contributed by atoms with Crippen molar-refractivity contribution in [3.05, 3.63) is 11.7 Å². The molecule has 1 aromatic rings. The van der Waals surface area contributed by atoms with E-state index >= 15 is 0 Å². The molecule has 2 N–H and O–H groups in total. The molecule has 0 bridgehead atoms. The standard InChI is InChI=1S/C13H23N3O2/c1-12(2,14)11-15-10(16-18-11)13(17-3)8-6-4-5-7-9-13/h4-9,14H2,1-3H3. The fourth-order valence-corrected chi connectivity index (χ4v) is 2.49. The quantitative estimate of drug-likeness (QED) is 0.837. The van der Waals surface area contributed by atoms with Crippen molar-refractivity contribution < 1.29 is 9.26 Å². The molecule has 0 amide bonds. The lowest BCUT2D eigenvalue weighted by Crippen LogP contribution is -2.31. The fraction of sp³-hybridized carbons (Fsp3) is 0.846. The molecular weight excluding hydrogens is 230 g/mol. The van der Waals surface area contributed by atoms with E-state index in [1.54, 1.807) is 7.11 Å². The van der Waals surface area contributed by atoms with Crippen LogP contribution in [0.4, 0.5) is 0 Å². The van der Waals surface area contributed by atoms with Gasteiger partial charge in [0.2, 0.25) is 11.7 Å². The highest BCUT2D eigenvalue weighted by molar-refractivity contribution is 5.06. The summed E-state index contributed by atoms with van der Waals surface area (Å²) in [6, 6.07) is 0. The maximum Gasteiger partial charge on any atom is 0.246 e. The topological polar surface area (TPSA) is 74.2 Å². The van der Waals surface area contributed by atoms with E-state index < -0.39 is 5.54 Å². The minimum absolute atomic E-state index is 0.385. The van der Waals surface area contributed by atoms with Crippen LogP contribution in [-0.2, 0) is 15.9 Å². The Morgan fingerprint density at radius 2 is 1.83 bits per heavy atom. The molecule has 1 aliphatic carbocycles. The third-order valence-electron chi connectivity index (χ3n) is 3.69. The van der Waals surface area contributed by atoms with Gasteiger partial charge in [0.1, 0.15) is 5.60 Å². The lowest BCUT2D eigenvalue weighted by molar-refractivity contribution is -0.0365. The molecular formula is C13H23N3O2. The van der Waals surface area contributed by atoms with Crippen LogP contribution in [-0.4, -0.2) is 17.3 Å². The van der Waals surface area contributed by atoms with Gasteiger partial charge < -0.3 is 15.0 Å². The molecule has 0 spiro atoms. The first-order valence-electron chi connectivity index (χ1n) is 6.67. The van der Waals surface area contributed by atoms with Crippen molar-refractivity contribution in [2.45, 2.75) is 63.5 Å². The average molecular weight is 253 g/mol. The molecule has 1 fully saturated rings. The number of aromatic nitrogens is 2. The van der Waals surface area contributed by atoms with Gasteiger partial charge in [0.05, 0.1) is 5.54 Å². The zero-order valence-electron chi connectivity index (χ0n) is 11.5. The number of methoxy groups -OCH3 is 1. The Balaban J connectivity index is 2.29. The summed E-state index contributed by atoms with van der Waals surface area (Å²) in [6.07, 6.45) is 6.69. The maximum atomic E-state index is 5.98. The van der Waals surface area contributed by atoms with Crippen molar-refractivity contribution in [2.24, 2.45) is 5.73 Å². The number of hydrogen-bond donors (Lipinski definition) is 1. The van der Waals surface area contributed by atoms with Crippen LogP contribution in [0.1, 0.15) is 64.1 Å². The molecule has 0 aromatic carbocycles. The molecule has 0 atom stereocenters. The Bertz CT molecular complexity index is 387. The van der Waals surface area contributed by atoms with Crippen LogP contribution in [0.2, 0.25) is 0 Å². The van der Waals surface area contributed by atoms with Crippen molar-refractivity contribution in [3.63, 3.8) is 0 Å². The Morgan fingerprint density at radius 3 is 2.28 bits per heavy atom. The van der Waals surface area contributed by atoms with Crippen molar-refractivity contribution in [2.75, 3.05) is 7.11 Å². The summed E-state index contributed by atoms with van der Waals surface area (Å²) in [5.41, 5.74) is 4.99. The van der Waals surface area contributed by atoms with Crippen molar-refractivity contribution >= 4 is 0 Å².